The number of rotatable bonds is 5. The number of hydrogen-bond donors (Lipinski definition) is 2. The normalized spacial score (nSPS) is 13.4. The number of hydrogen-bond acceptors (Lipinski definition) is 3. The van der Waals surface area contributed by atoms with E-state index in [2.05, 4.69) is 0 Å². The number of carboxylic acids is 1. The Morgan fingerprint density at radius 3 is 2.21 bits per heavy atom. The average molecular weight is 319 g/mol. The Morgan fingerprint density at radius 1 is 0.875 bits per heavy atom. The van der Waals surface area contributed by atoms with Gasteiger partial charge < -0.3 is 10.8 Å². The van der Waals surface area contributed by atoms with Gasteiger partial charge >= 0.3 is 5.97 Å². The molecule has 0 aliphatic rings. The molecule has 0 aliphatic carbocycles. The van der Waals surface area contributed by atoms with E-state index in [1.807, 2.05) is 42.5 Å². The highest BCUT2D eigenvalue weighted by Crippen LogP contribution is 2.24. The number of nitrogens with two attached hydrogens (primary N) is 1. The van der Waals surface area contributed by atoms with E-state index in [0.717, 1.165) is 16.3 Å². The summed E-state index contributed by atoms with van der Waals surface area (Å²) >= 11 is 0. The summed E-state index contributed by atoms with van der Waals surface area (Å²) in [5.41, 5.74) is 5.11. The lowest BCUT2D eigenvalue weighted by Crippen LogP contribution is -2.56. The van der Waals surface area contributed by atoms with Gasteiger partial charge in [0.1, 0.15) is 0 Å². The Bertz CT molecular complexity index is 900. The lowest BCUT2D eigenvalue weighted by molar-refractivity contribution is -0.141. The van der Waals surface area contributed by atoms with Crippen LogP contribution in [0.15, 0.2) is 72.8 Å². The van der Waals surface area contributed by atoms with Gasteiger partial charge in [0.2, 0.25) is 0 Å². The van der Waals surface area contributed by atoms with E-state index < -0.39 is 17.3 Å². The fourth-order valence-corrected chi connectivity index (χ4v) is 2.85. The Hall–Kier alpha value is -2.98. The van der Waals surface area contributed by atoms with E-state index >= 15 is 0 Å². The first kappa shape index (κ1) is 15.9. The molecule has 0 unspecified atom stereocenters. The highest BCUT2D eigenvalue weighted by Gasteiger charge is 2.42. The van der Waals surface area contributed by atoms with Crippen LogP contribution in [0.3, 0.4) is 0 Å². The van der Waals surface area contributed by atoms with Gasteiger partial charge in [-0.1, -0.05) is 72.8 Å². The Kier molecular flexibility index (Phi) is 4.15. The zero-order valence-electron chi connectivity index (χ0n) is 13.0. The lowest BCUT2D eigenvalue weighted by Gasteiger charge is -2.24. The van der Waals surface area contributed by atoms with E-state index in [1.54, 1.807) is 30.3 Å². The maximum atomic E-state index is 12.7. The monoisotopic (exact) mass is 319 g/mol. The van der Waals surface area contributed by atoms with E-state index in [-0.39, 0.29) is 6.42 Å². The molecular weight excluding hydrogens is 302 g/mol. The molecule has 0 heterocycles. The topological polar surface area (TPSA) is 80.4 Å². The molecule has 0 radical (unpaired) electrons. The Morgan fingerprint density at radius 2 is 1.50 bits per heavy atom. The van der Waals surface area contributed by atoms with Gasteiger partial charge in [-0.2, -0.15) is 0 Å². The minimum absolute atomic E-state index is 0.0720. The molecule has 0 aliphatic heterocycles. The molecule has 1 atom stereocenters. The van der Waals surface area contributed by atoms with Crippen LogP contribution in [0.25, 0.3) is 10.8 Å². The van der Waals surface area contributed by atoms with Crippen molar-refractivity contribution in [2.75, 3.05) is 0 Å². The summed E-state index contributed by atoms with van der Waals surface area (Å²) in [4.78, 5) is 24.6. The zero-order chi connectivity index (χ0) is 17.2. The second-order valence-corrected chi connectivity index (χ2v) is 5.79. The Labute approximate surface area is 139 Å². The van der Waals surface area contributed by atoms with Crippen LogP contribution < -0.4 is 5.73 Å². The summed E-state index contributed by atoms with van der Waals surface area (Å²) in [6.45, 7) is 0. The van der Waals surface area contributed by atoms with E-state index in [4.69, 9.17) is 5.73 Å². The quantitative estimate of drug-likeness (QED) is 0.559. The summed E-state index contributed by atoms with van der Waals surface area (Å²) in [6.07, 6.45) is -0.0720. The van der Waals surface area contributed by atoms with Crippen LogP contribution in [-0.2, 0) is 11.2 Å². The molecule has 0 fully saturated rings. The molecule has 120 valence electrons. The third-order valence-electron chi connectivity index (χ3n) is 4.17. The van der Waals surface area contributed by atoms with Crippen molar-refractivity contribution in [3.63, 3.8) is 0 Å². The van der Waals surface area contributed by atoms with Gasteiger partial charge in [-0.05, 0) is 16.3 Å². The number of carbonyl (C=O) groups is 2. The largest absolute Gasteiger partial charge is 0.480 e. The van der Waals surface area contributed by atoms with Gasteiger partial charge in [0.05, 0.1) is 0 Å². The van der Waals surface area contributed by atoms with Crippen molar-refractivity contribution < 1.29 is 14.7 Å². The second kappa shape index (κ2) is 6.26. The third-order valence-corrected chi connectivity index (χ3v) is 4.17. The number of carbonyl (C=O) groups excluding carboxylic acids is 1. The predicted octanol–water partition coefficient (Wildman–Crippen LogP) is 3.05. The van der Waals surface area contributed by atoms with Crippen LogP contribution in [0.4, 0.5) is 0 Å². The summed E-state index contributed by atoms with van der Waals surface area (Å²) in [6, 6.07) is 21.5. The lowest BCUT2D eigenvalue weighted by atomic mass is 9.83. The van der Waals surface area contributed by atoms with Gasteiger partial charge in [-0.3, -0.25) is 4.79 Å². The number of Topliss-reactive ketones (excluding diaryl/α,β-unsaturated/α-hetero) is 1. The predicted molar refractivity (Wildman–Crippen MR) is 93.0 cm³/mol. The van der Waals surface area contributed by atoms with E-state index in [9.17, 15) is 14.7 Å². The molecule has 3 N–H and O–H groups in total. The highest BCUT2D eigenvalue weighted by atomic mass is 16.4. The first-order valence-electron chi connectivity index (χ1n) is 7.61. The first-order chi connectivity index (χ1) is 11.5. The van der Waals surface area contributed by atoms with Gasteiger partial charge in [0, 0.05) is 12.0 Å². The number of fused-ring (bicyclic) bond motifs is 1. The van der Waals surface area contributed by atoms with Gasteiger partial charge in [-0.15, -0.1) is 0 Å². The molecule has 0 saturated carbocycles. The smallest absolute Gasteiger partial charge is 0.332 e. The van der Waals surface area contributed by atoms with Crippen LogP contribution in [0.1, 0.15) is 15.9 Å². The van der Waals surface area contributed by atoms with Gasteiger partial charge in [0.25, 0.3) is 0 Å². The highest BCUT2D eigenvalue weighted by molar-refractivity contribution is 6.16. The van der Waals surface area contributed by atoms with Crippen molar-refractivity contribution in [3.8, 4) is 0 Å². The standard InChI is InChI=1S/C20H17NO3/c21-20(19(23)24,18(22)15-8-2-1-3-9-15)13-16-11-6-10-14-7-4-5-12-17(14)16/h1-12H,13,21H2,(H,23,24)/t20-/m1/s1. The van der Waals surface area contributed by atoms with Crippen LogP contribution in [0.5, 0.6) is 0 Å². The van der Waals surface area contributed by atoms with Crippen LogP contribution >= 0.6 is 0 Å². The Balaban J connectivity index is 2.05. The molecular formula is C20H17NO3. The molecule has 3 aromatic carbocycles. The molecule has 3 rings (SSSR count). The summed E-state index contributed by atoms with van der Waals surface area (Å²) < 4.78 is 0. The fraction of sp³-hybridized carbons (Fsp3) is 0.100. The van der Waals surface area contributed by atoms with Crippen LogP contribution in [0.2, 0.25) is 0 Å². The second-order valence-electron chi connectivity index (χ2n) is 5.79. The molecule has 0 spiro atoms. The van der Waals surface area contributed by atoms with Crippen molar-refractivity contribution in [1.82, 2.24) is 0 Å². The van der Waals surface area contributed by atoms with Crippen molar-refractivity contribution in [3.05, 3.63) is 83.9 Å². The number of ketones is 1. The van der Waals surface area contributed by atoms with Crippen LogP contribution in [0, 0.1) is 0 Å². The van der Waals surface area contributed by atoms with Crippen molar-refractivity contribution in [2.45, 2.75) is 12.0 Å². The van der Waals surface area contributed by atoms with Crippen molar-refractivity contribution in [2.24, 2.45) is 5.73 Å². The van der Waals surface area contributed by atoms with Crippen LogP contribution in [-0.4, -0.2) is 22.4 Å². The van der Waals surface area contributed by atoms with Crippen molar-refractivity contribution >= 4 is 22.5 Å². The molecule has 24 heavy (non-hydrogen) atoms. The maximum absolute atomic E-state index is 12.7. The number of aliphatic carboxylic acids is 1. The summed E-state index contributed by atoms with van der Waals surface area (Å²) in [5.74, 6) is -1.92. The van der Waals surface area contributed by atoms with E-state index in [0.29, 0.717) is 5.56 Å². The van der Waals surface area contributed by atoms with E-state index in [1.165, 1.54) is 0 Å². The molecule has 0 amide bonds. The fourth-order valence-electron chi connectivity index (χ4n) is 2.85. The van der Waals surface area contributed by atoms with Crippen molar-refractivity contribution in [1.29, 1.82) is 0 Å². The molecule has 3 aromatic rings. The van der Waals surface area contributed by atoms with Gasteiger partial charge in [0.15, 0.2) is 11.3 Å². The molecule has 4 heteroatoms. The summed E-state index contributed by atoms with van der Waals surface area (Å²) in [5, 5.41) is 11.5. The first-order valence-corrected chi connectivity index (χ1v) is 7.61. The minimum Gasteiger partial charge on any atom is -0.480 e. The minimum atomic E-state index is -2.01. The number of carboxylic acid groups (broad SMARTS) is 1. The molecule has 0 aromatic heterocycles. The molecule has 0 bridgehead atoms. The average Bonchev–Trinajstić information content (AvgIpc) is 2.62. The maximum Gasteiger partial charge on any atom is 0.332 e. The molecule has 4 nitrogen and oxygen atoms in total. The molecule has 0 saturated heterocycles. The number of benzene rings is 3. The SMILES string of the molecule is N[C@@](Cc1cccc2ccccc12)(C(=O)O)C(=O)c1ccccc1. The summed E-state index contributed by atoms with van der Waals surface area (Å²) in [7, 11) is 0. The van der Waals surface area contributed by atoms with Gasteiger partial charge in [-0.25, -0.2) is 4.79 Å². The zero-order valence-corrected chi connectivity index (χ0v) is 13.0. The third kappa shape index (κ3) is 2.79.